The summed E-state index contributed by atoms with van der Waals surface area (Å²) in [6.45, 7) is 17.7. The van der Waals surface area contributed by atoms with Gasteiger partial charge in [0.25, 0.3) is 0 Å². The van der Waals surface area contributed by atoms with E-state index in [0.29, 0.717) is 36.4 Å². The fourth-order valence-electron chi connectivity index (χ4n) is 6.46. The monoisotopic (exact) mass is 626 g/mol. The van der Waals surface area contributed by atoms with Gasteiger partial charge in [0.1, 0.15) is 24.0 Å². The Kier molecular flexibility index (Phi) is 9.20. The number of aliphatic hydroxyl groups excluding tert-OH is 1. The highest BCUT2D eigenvalue weighted by Crippen LogP contribution is 2.47. The number of benzene rings is 1. The van der Waals surface area contributed by atoms with E-state index in [2.05, 4.69) is 35.0 Å². The van der Waals surface area contributed by atoms with E-state index in [0.717, 1.165) is 26.2 Å². The molecule has 0 aliphatic carbocycles. The number of carbonyl (C=O) groups is 1. The molecule has 44 heavy (non-hydrogen) atoms. The number of likely N-dealkylation sites (N-methyl/N-ethyl adjacent to an activating group) is 1. The molecule has 4 heterocycles. The molecule has 0 saturated carbocycles. The van der Waals surface area contributed by atoms with Crippen LogP contribution in [-0.2, 0) is 4.79 Å². The lowest BCUT2D eigenvalue weighted by Crippen LogP contribution is -2.58. The molecule has 2 saturated heterocycles. The molecule has 3 aliphatic rings. The lowest BCUT2D eigenvalue weighted by atomic mass is 9.97. The average Bonchev–Trinajstić information content (AvgIpc) is 2.98. The third-order valence-corrected chi connectivity index (χ3v) is 9.06. The number of hydrogen-bond donors (Lipinski definition) is 1. The molecule has 3 atom stereocenters. The molecule has 0 bridgehead atoms. The topological polar surface area (TPSA) is 94.4 Å². The van der Waals surface area contributed by atoms with Crippen LogP contribution in [0.3, 0.4) is 0 Å². The maximum Gasteiger partial charge on any atom is 0.350 e. The van der Waals surface area contributed by atoms with Crippen LogP contribution in [-0.4, -0.2) is 107 Å². The Morgan fingerprint density at radius 3 is 2.57 bits per heavy atom. The first-order valence-electron chi connectivity index (χ1n) is 14.9. The minimum atomic E-state index is -0.894. The third kappa shape index (κ3) is 5.76. The van der Waals surface area contributed by atoms with Gasteiger partial charge in [-0.15, -0.1) is 0 Å². The second-order valence-electron chi connectivity index (χ2n) is 11.8. The third-order valence-electron chi connectivity index (χ3n) is 8.76. The zero-order chi connectivity index (χ0) is 31.9. The van der Waals surface area contributed by atoms with E-state index in [1.807, 2.05) is 18.7 Å². The molecule has 5 rings (SSSR count). The highest BCUT2D eigenvalue weighted by atomic mass is 35.5. The molecule has 10 nitrogen and oxygen atoms in total. The van der Waals surface area contributed by atoms with E-state index in [1.54, 1.807) is 28.5 Å². The normalized spacial score (nSPS) is 23.5. The SMILES string of the molecule is C=CC(=O)N1C[C@H](C)N(c2nc(=O)n3c4c(c(/C(C(=C)F)=C(O)/C=C\C)c(Cl)cc24)OC[C@@H]3CN2CCN(C)CC2)C[C@H]1C. The molecule has 1 aromatic carbocycles. The standard InChI is InChI=1S/C32H40ClFN6O4/c1-7-9-25(41)27(21(5)34)28-24(33)14-23-29-30(28)44-18-22(17-37-12-10-36(6)11-13-37)40(29)32(43)35-31(23)39-16-19(3)38(15-20(39)4)26(42)8-2/h7-9,14,19-20,22,41H,2,5,10-13,15-18H2,1,3-4,6H3/b9-7-,27-25-/t19-,20+,22+/m1/s1. The molecule has 0 unspecified atom stereocenters. The van der Waals surface area contributed by atoms with Crippen LogP contribution in [0.25, 0.3) is 16.5 Å². The molecule has 2 fully saturated rings. The highest BCUT2D eigenvalue weighted by Gasteiger charge is 2.37. The number of carbonyl (C=O) groups excluding carboxylic acids is 1. The Labute approximate surface area is 261 Å². The van der Waals surface area contributed by atoms with E-state index in [4.69, 9.17) is 16.3 Å². The minimum absolute atomic E-state index is 0.115. The van der Waals surface area contributed by atoms with Gasteiger partial charge in [-0.3, -0.25) is 14.3 Å². The molecular formula is C32H40ClFN6O4. The van der Waals surface area contributed by atoms with Crippen molar-refractivity contribution in [2.45, 2.75) is 38.9 Å². The summed E-state index contributed by atoms with van der Waals surface area (Å²) in [4.78, 5) is 39.5. The largest absolute Gasteiger partial charge is 0.507 e. The molecule has 3 aliphatic heterocycles. The van der Waals surface area contributed by atoms with Gasteiger partial charge in [0, 0.05) is 63.3 Å². The van der Waals surface area contributed by atoms with Crippen LogP contribution in [0.5, 0.6) is 5.75 Å². The van der Waals surface area contributed by atoms with Gasteiger partial charge in [0.2, 0.25) is 5.91 Å². The highest BCUT2D eigenvalue weighted by molar-refractivity contribution is 6.34. The summed E-state index contributed by atoms with van der Waals surface area (Å²) in [5, 5.41) is 11.5. The van der Waals surface area contributed by atoms with Gasteiger partial charge in [-0.1, -0.05) is 30.8 Å². The van der Waals surface area contributed by atoms with Crippen LogP contribution >= 0.6 is 11.6 Å². The number of aromatic nitrogens is 2. The number of ether oxygens (including phenoxy) is 1. The summed E-state index contributed by atoms with van der Waals surface area (Å²) in [7, 11) is 2.08. The number of hydrogen-bond acceptors (Lipinski definition) is 8. The zero-order valence-corrected chi connectivity index (χ0v) is 26.5. The molecule has 236 valence electrons. The molecule has 12 heteroatoms. The van der Waals surface area contributed by atoms with Gasteiger partial charge in [-0.2, -0.15) is 4.98 Å². The lowest BCUT2D eigenvalue weighted by Gasteiger charge is -2.45. The van der Waals surface area contributed by atoms with Crippen molar-refractivity contribution >= 4 is 39.8 Å². The second-order valence-corrected chi connectivity index (χ2v) is 12.2. The fourth-order valence-corrected chi connectivity index (χ4v) is 6.75. The van der Waals surface area contributed by atoms with Crippen LogP contribution in [0.4, 0.5) is 10.2 Å². The fraction of sp³-hybridized carbons (Fsp3) is 0.469. The summed E-state index contributed by atoms with van der Waals surface area (Å²) in [6.07, 6.45) is 4.23. The quantitative estimate of drug-likeness (QED) is 0.278. The van der Waals surface area contributed by atoms with Gasteiger partial charge in [0.15, 0.2) is 5.75 Å². The number of nitrogens with zero attached hydrogens (tertiary/aromatic N) is 6. The number of amides is 1. The lowest BCUT2D eigenvalue weighted by molar-refractivity contribution is -0.128. The number of aliphatic hydroxyl groups is 1. The number of anilines is 1. The number of halogens is 2. The first-order valence-corrected chi connectivity index (χ1v) is 15.3. The van der Waals surface area contributed by atoms with E-state index in [-0.39, 0.29) is 58.3 Å². The molecule has 1 N–H and O–H groups in total. The molecule has 1 amide bonds. The van der Waals surface area contributed by atoms with Crippen LogP contribution in [0, 0.1) is 0 Å². The van der Waals surface area contributed by atoms with Gasteiger partial charge in [-0.05, 0) is 46.0 Å². The van der Waals surface area contributed by atoms with Gasteiger partial charge >= 0.3 is 5.69 Å². The molecule has 0 radical (unpaired) electrons. The Morgan fingerprint density at radius 1 is 1.23 bits per heavy atom. The maximum atomic E-state index is 15.0. The first kappa shape index (κ1) is 31.7. The second kappa shape index (κ2) is 12.7. The van der Waals surface area contributed by atoms with Gasteiger partial charge in [-0.25, -0.2) is 9.18 Å². The van der Waals surface area contributed by atoms with E-state index in [1.165, 1.54) is 12.2 Å². The summed E-state index contributed by atoms with van der Waals surface area (Å²) in [5.41, 5.74) is -0.121. The van der Waals surface area contributed by atoms with Crippen molar-refractivity contribution in [3.8, 4) is 5.75 Å². The molecule has 2 aromatic rings. The number of piperazine rings is 2. The van der Waals surface area contributed by atoms with Gasteiger partial charge in [0.05, 0.1) is 27.7 Å². The Balaban J connectivity index is 1.73. The van der Waals surface area contributed by atoms with Crippen LogP contribution in [0.2, 0.25) is 5.02 Å². The van der Waals surface area contributed by atoms with E-state index in [9.17, 15) is 14.7 Å². The van der Waals surface area contributed by atoms with Crippen molar-refractivity contribution in [3.05, 3.63) is 70.1 Å². The Morgan fingerprint density at radius 2 is 1.93 bits per heavy atom. The van der Waals surface area contributed by atoms with Crippen molar-refractivity contribution in [3.63, 3.8) is 0 Å². The number of allylic oxidation sites excluding steroid dienone is 4. The van der Waals surface area contributed by atoms with Crippen molar-refractivity contribution in [2.75, 3.05) is 64.4 Å². The van der Waals surface area contributed by atoms with Crippen molar-refractivity contribution in [1.29, 1.82) is 0 Å². The van der Waals surface area contributed by atoms with Crippen LogP contribution in [0.15, 0.2) is 53.8 Å². The van der Waals surface area contributed by atoms with Crippen LogP contribution < -0.4 is 15.3 Å². The zero-order valence-electron chi connectivity index (χ0n) is 25.7. The molecule has 0 spiro atoms. The summed E-state index contributed by atoms with van der Waals surface area (Å²) in [6, 6.07) is 0.925. The first-order chi connectivity index (χ1) is 21.0. The van der Waals surface area contributed by atoms with Crippen molar-refractivity contribution < 1.29 is 19.0 Å². The molecule has 1 aromatic heterocycles. The predicted octanol–water partition coefficient (Wildman–Crippen LogP) is 4.17. The van der Waals surface area contributed by atoms with Crippen molar-refractivity contribution in [1.82, 2.24) is 24.3 Å². The van der Waals surface area contributed by atoms with E-state index >= 15 is 4.39 Å². The maximum absolute atomic E-state index is 15.0. The van der Waals surface area contributed by atoms with Crippen molar-refractivity contribution in [2.24, 2.45) is 0 Å². The average molecular weight is 627 g/mol. The van der Waals surface area contributed by atoms with E-state index < -0.39 is 11.5 Å². The minimum Gasteiger partial charge on any atom is -0.507 e. The Bertz CT molecular complexity index is 1610. The van der Waals surface area contributed by atoms with Gasteiger partial charge < -0.3 is 24.5 Å². The molecular weight excluding hydrogens is 587 g/mol. The smallest absolute Gasteiger partial charge is 0.350 e. The predicted molar refractivity (Wildman–Crippen MR) is 172 cm³/mol. The van der Waals surface area contributed by atoms with Crippen LogP contribution in [0.1, 0.15) is 32.4 Å². The number of rotatable bonds is 7. The summed E-state index contributed by atoms with van der Waals surface area (Å²) >= 11 is 6.88. The Hall–Kier alpha value is -3.67. The summed E-state index contributed by atoms with van der Waals surface area (Å²) in [5.74, 6) is -0.821. The summed E-state index contributed by atoms with van der Waals surface area (Å²) < 4.78 is 23.0.